The van der Waals surface area contributed by atoms with Crippen molar-refractivity contribution in [3.8, 4) is 0 Å². The molecule has 2 aliphatic rings. The minimum atomic E-state index is -1.05. The van der Waals surface area contributed by atoms with Crippen LogP contribution in [-0.2, 0) is 9.53 Å². The average molecular weight is 346 g/mol. The van der Waals surface area contributed by atoms with Crippen LogP contribution in [0.5, 0.6) is 0 Å². The predicted octanol–water partition coefficient (Wildman–Crippen LogP) is 1.16. The molecule has 2 heterocycles. The minimum absolute atomic E-state index is 0.00770. The van der Waals surface area contributed by atoms with Gasteiger partial charge in [-0.2, -0.15) is 0 Å². The van der Waals surface area contributed by atoms with E-state index in [9.17, 15) is 14.4 Å². The molecule has 0 radical (unpaired) electrons. The lowest BCUT2D eigenvalue weighted by Gasteiger charge is -2.35. The summed E-state index contributed by atoms with van der Waals surface area (Å²) in [6.07, 6.45) is 1.34. The zero-order chi connectivity index (χ0) is 18.0. The molecule has 0 spiro atoms. The fourth-order valence-electron chi connectivity index (χ4n) is 3.32. The van der Waals surface area contributed by atoms with Crippen LogP contribution in [0.3, 0.4) is 0 Å². The summed E-state index contributed by atoms with van der Waals surface area (Å²) in [6.45, 7) is 4.22. The Morgan fingerprint density at radius 2 is 1.68 bits per heavy atom. The van der Waals surface area contributed by atoms with Gasteiger partial charge in [-0.1, -0.05) is 0 Å². The summed E-state index contributed by atoms with van der Waals surface area (Å²) >= 11 is 0. The number of nitrogens with zero attached hydrogens (tertiary/aromatic N) is 2. The summed E-state index contributed by atoms with van der Waals surface area (Å²) in [4.78, 5) is 39.6. The molecule has 2 aliphatic heterocycles. The number of carbonyl (C=O) groups excluding carboxylic acids is 2. The Kier molecular flexibility index (Phi) is 5.03. The van der Waals surface area contributed by atoms with Crippen molar-refractivity contribution in [2.24, 2.45) is 0 Å². The third-order valence-corrected chi connectivity index (χ3v) is 4.65. The SMILES string of the molecule is Cc1cc(C(=O)O)cc(C(=O)N2CCN(C(=O)C3CCCO3)CC2)c1. The fraction of sp³-hybridized carbons (Fsp3) is 0.500. The van der Waals surface area contributed by atoms with Crippen LogP contribution in [0.2, 0.25) is 0 Å². The van der Waals surface area contributed by atoms with Gasteiger partial charge in [0.25, 0.3) is 11.8 Å². The number of aromatic carboxylic acids is 1. The van der Waals surface area contributed by atoms with Crippen molar-refractivity contribution >= 4 is 17.8 Å². The second-order valence-electron chi connectivity index (χ2n) is 6.51. The highest BCUT2D eigenvalue weighted by Gasteiger charge is 2.31. The van der Waals surface area contributed by atoms with Crippen LogP contribution in [0.15, 0.2) is 18.2 Å². The molecule has 134 valence electrons. The Labute approximate surface area is 146 Å². The highest BCUT2D eigenvalue weighted by atomic mass is 16.5. The number of piperazine rings is 1. The largest absolute Gasteiger partial charge is 0.478 e. The molecule has 0 saturated carbocycles. The molecule has 25 heavy (non-hydrogen) atoms. The Morgan fingerprint density at radius 3 is 2.28 bits per heavy atom. The molecule has 1 atom stereocenters. The molecule has 7 heteroatoms. The van der Waals surface area contributed by atoms with Gasteiger partial charge in [-0.05, 0) is 43.5 Å². The minimum Gasteiger partial charge on any atom is -0.478 e. The van der Waals surface area contributed by atoms with E-state index in [4.69, 9.17) is 9.84 Å². The molecule has 1 aromatic rings. The van der Waals surface area contributed by atoms with Gasteiger partial charge in [0.05, 0.1) is 5.56 Å². The number of amides is 2. The highest BCUT2D eigenvalue weighted by Crippen LogP contribution is 2.17. The molecule has 2 fully saturated rings. The molecular formula is C18H22N2O5. The second kappa shape index (κ2) is 7.23. The second-order valence-corrected chi connectivity index (χ2v) is 6.51. The lowest BCUT2D eigenvalue weighted by molar-refractivity contribution is -0.142. The Balaban J connectivity index is 1.63. The van der Waals surface area contributed by atoms with E-state index in [0.29, 0.717) is 38.3 Å². The quantitative estimate of drug-likeness (QED) is 0.887. The van der Waals surface area contributed by atoms with E-state index < -0.39 is 5.97 Å². The van der Waals surface area contributed by atoms with E-state index in [-0.39, 0.29) is 23.5 Å². The van der Waals surface area contributed by atoms with Crippen LogP contribution < -0.4 is 0 Å². The molecule has 1 aromatic carbocycles. The number of ether oxygens (including phenoxy) is 1. The zero-order valence-corrected chi connectivity index (χ0v) is 14.2. The first-order valence-electron chi connectivity index (χ1n) is 8.50. The van der Waals surface area contributed by atoms with Crippen LogP contribution in [0.4, 0.5) is 0 Å². The molecule has 7 nitrogen and oxygen atoms in total. The third kappa shape index (κ3) is 3.82. The Hall–Kier alpha value is -2.41. The van der Waals surface area contributed by atoms with Crippen molar-refractivity contribution in [1.29, 1.82) is 0 Å². The van der Waals surface area contributed by atoms with E-state index >= 15 is 0 Å². The van der Waals surface area contributed by atoms with Gasteiger partial charge in [0.15, 0.2) is 0 Å². The third-order valence-electron chi connectivity index (χ3n) is 4.65. The molecule has 0 bridgehead atoms. The predicted molar refractivity (Wildman–Crippen MR) is 89.6 cm³/mol. The maximum atomic E-state index is 12.7. The van der Waals surface area contributed by atoms with Crippen molar-refractivity contribution < 1.29 is 24.2 Å². The molecule has 0 aliphatic carbocycles. The Bertz CT molecular complexity index is 689. The number of carboxylic acids is 1. The van der Waals surface area contributed by atoms with Crippen LogP contribution in [-0.4, -0.2) is 71.6 Å². The summed E-state index contributed by atoms with van der Waals surface area (Å²) < 4.78 is 5.43. The van der Waals surface area contributed by atoms with Gasteiger partial charge in [0.1, 0.15) is 6.10 Å². The first-order valence-corrected chi connectivity index (χ1v) is 8.50. The number of hydrogen-bond acceptors (Lipinski definition) is 4. The summed E-state index contributed by atoms with van der Waals surface area (Å²) in [5.41, 5.74) is 1.21. The number of aryl methyl sites for hydroxylation is 1. The number of carboxylic acid groups (broad SMARTS) is 1. The van der Waals surface area contributed by atoms with Crippen molar-refractivity contribution in [1.82, 2.24) is 9.80 Å². The van der Waals surface area contributed by atoms with Crippen LogP contribution in [0, 0.1) is 6.92 Å². The van der Waals surface area contributed by atoms with Gasteiger partial charge in [0, 0.05) is 38.3 Å². The van der Waals surface area contributed by atoms with Crippen LogP contribution >= 0.6 is 0 Å². The average Bonchev–Trinajstić information content (AvgIpc) is 3.14. The van der Waals surface area contributed by atoms with Gasteiger partial charge in [-0.15, -0.1) is 0 Å². The number of rotatable bonds is 3. The van der Waals surface area contributed by atoms with Crippen molar-refractivity contribution in [3.05, 3.63) is 34.9 Å². The summed E-state index contributed by atoms with van der Waals surface area (Å²) in [5, 5.41) is 9.14. The van der Waals surface area contributed by atoms with E-state index in [1.807, 2.05) is 0 Å². The maximum Gasteiger partial charge on any atom is 0.335 e. The van der Waals surface area contributed by atoms with Crippen molar-refractivity contribution in [3.63, 3.8) is 0 Å². The summed E-state index contributed by atoms with van der Waals surface area (Å²) in [5.74, 6) is -1.24. The molecule has 2 saturated heterocycles. The zero-order valence-electron chi connectivity index (χ0n) is 14.2. The molecule has 3 rings (SSSR count). The molecular weight excluding hydrogens is 324 g/mol. The van der Waals surface area contributed by atoms with Gasteiger partial charge in [-0.3, -0.25) is 9.59 Å². The monoisotopic (exact) mass is 346 g/mol. The molecule has 2 amide bonds. The number of hydrogen-bond donors (Lipinski definition) is 1. The van der Waals surface area contributed by atoms with Crippen LogP contribution in [0.25, 0.3) is 0 Å². The van der Waals surface area contributed by atoms with Gasteiger partial charge < -0.3 is 19.6 Å². The normalized spacial score (nSPS) is 20.6. The lowest BCUT2D eigenvalue weighted by Crippen LogP contribution is -2.52. The number of carbonyl (C=O) groups is 3. The lowest BCUT2D eigenvalue weighted by atomic mass is 10.1. The fourth-order valence-corrected chi connectivity index (χ4v) is 3.32. The molecule has 0 aromatic heterocycles. The summed E-state index contributed by atoms with van der Waals surface area (Å²) in [7, 11) is 0. The van der Waals surface area contributed by atoms with Gasteiger partial charge in [0.2, 0.25) is 0 Å². The van der Waals surface area contributed by atoms with Gasteiger partial charge >= 0.3 is 5.97 Å². The molecule has 1 unspecified atom stereocenters. The maximum absolute atomic E-state index is 12.7. The first-order chi connectivity index (χ1) is 12.0. The molecule has 1 N–H and O–H groups in total. The van der Waals surface area contributed by atoms with Crippen molar-refractivity contribution in [2.75, 3.05) is 32.8 Å². The topological polar surface area (TPSA) is 87.2 Å². The van der Waals surface area contributed by atoms with Crippen molar-refractivity contribution in [2.45, 2.75) is 25.9 Å². The van der Waals surface area contributed by atoms with Gasteiger partial charge in [-0.25, -0.2) is 4.79 Å². The Morgan fingerprint density at radius 1 is 1.04 bits per heavy atom. The first kappa shape index (κ1) is 17.4. The summed E-state index contributed by atoms with van der Waals surface area (Å²) in [6, 6.07) is 4.64. The highest BCUT2D eigenvalue weighted by molar-refractivity contribution is 5.98. The standard InChI is InChI=1S/C18H22N2O5/c1-12-9-13(11-14(10-12)18(23)24)16(21)19-4-6-20(7-5-19)17(22)15-3-2-8-25-15/h9-11,15H,2-8H2,1H3,(H,23,24). The van der Waals surface area contributed by atoms with E-state index in [1.165, 1.54) is 12.1 Å². The smallest absolute Gasteiger partial charge is 0.335 e. The van der Waals surface area contributed by atoms with E-state index in [0.717, 1.165) is 18.4 Å². The van der Waals surface area contributed by atoms with E-state index in [2.05, 4.69) is 0 Å². The van der Waals surface area contributed by atoms with Crippen LogP contribution in [0.1, 0.15) is 39.1 Å². The van der Waals surface area contributed by atoms with E-state index in [1.54, 1.807) is 22.8 Å². The number of benzene rings is 1.